The van der Waals surface area contributed by atoms with Gasteiger partial charge in [-0.2, -0.15) is 0 Å². The molecule has 1 aliphatic heterocycles. The zero-order valence-corrected chi connectivity index (χ0v) is 9.00. The number of hydrogen-bond donors (Lipinski definition) is 1. The van der Waals surface area contributed by atoms with Crippen LogP contribution < -0.4 is 5.32 Å². The van der Waals surface area contributed by atoms with Gasteiger partial charge in [0, 0.05) is 21.2 Å². The molecule has 0 amide bonds. The zero-order valence-electron chi connectivity index (χ0n) is 5.82. The van der Waals surface area contributed by atoms with Crippen LogP contribution in [0.15, 0.2) is 21.1 Å². The Hall–Kier alpha value is -0.0200. The van der Waals surface area contributed by atoms with E-state index >= 15 is 0 Å². The van der Waals surface area contributed by atoms with Gasteiger partial charge in [0.1, 0.15) is 0 Å². The summed E-state index contributed by atoms with van der Waals surface area (Å²) < 4.78 is 2.32. The lowest BCUT2D eigenvalue weighted by molar-refractivity contribution is 1.10. The van der Waals surface area contributed by atoms with E-state index in [1.54, 1.807) is 0 Å². The summed E-state index contributed by atoms with van der Waals surface area (Å²) in [5, 5.41) is 3.32. The molecule has 11 heavy (non-hydrogen) atoms. The average molecular weight is 277 g/mol. The topological polar surface area (TPSA) is 12.0 Å². The first-order valence-corrected chi connectivity index (χ1v) is 5.08. The van der Waals surface area contributed by atoms with Crippen LogP contribution in [0.5, 0.6) is 0 Å². The lowest BCUT2D eigenvalue weighted by Gasteiger charge is -2.02. The van der Waals surface area contributed by atoms with Gasteiger partial charge in [0.25, 0.3) is 0 Å². The van der Waals surface area contributed by atoms with Gasteiger partial charge in [-0.25, -0.2) is 0 Å². The predicted octanol–water partition coefficient (Wildman–Crippen LogP) is 3.18. The maximum atomic E-state index is 3.53. The summed E-state index contributed by atoms with van der Waals surface area (Å²) in [4.78, 5) is 0. The van der Waals surface area contributed by atoms with Crippen molar-refractivity contribution >= 4 is 37.5 Å². The minimum Gasteiger partial charge on any atom is -0.384 e. The van der Waals surface area contributed by atoms with Crippen LogP contribution >= 0.6 is 31.9 Å². The fraction of sp³-hybridized carbons (Fsp3) is 0.250. The van der Waals surface area contributed by atoms with Crippen LogP contribution in [0.2, 0.25) is 0 Å². The molecular weight excluding hydrogens is 270 g/mol. The monoisotopic (exact) mass is 275 g/mol. The number of anilines is 1. The van der Waals surface area contributed by atoms with E-state index in [0.29, 0.717) is 0 Å². The van der Waals surface area contributed by atoms with Gasteiger partial charge in [-0.15, -0.1) is 0 Å². The zero-order chi connectivity index (χ0) is 7.84. The Morgan fingerprint density at radius 2 is 2.09 bits per heavy atom. The molecule has 0 aliphatic carbocycles. The fourth-order valence-electron chi connectivity index (χ4n) is 1.34. The Morgan fingerprint density at radius 1 is 1.27 bits per heavy atom. The van der Waals surface area contributed by atoms with Crippen LogP contribution in [0.1, 0.15) is 5.56 Å². The lowest BCUT2D eigenvalue weighted by atomic mass is 10.2. The van der Waals surface area contributed by atoms with E-state index in [1.165, 1.54) is 15.7 Å². The Morgan fingerprint density at radius 3 is 2.91 bits per heavy atom. The summed E-state index contributed by atoms with van der Waals surface area (Å²) in [6.07, 6.45) is 1.13. The van der Waals surface area contributed by atoms with Crippen LogP contribution in [-0.2, 0) is 6.42 Å². The molecule has 1 aromatic carbocycles. The van der Waals surface area contributed by atoms with Crippen LogP contribution in [0.3, 0.4) is 0 Å². The minimum atomic E-state index is 1.06. The second kappa shape index (κ2) is 2.79. The normalized spacial score (nSPS) is 14.4. The Balaban J connectivity index is 2.60. The molecule has 58 valence electrons. The van der Waals surface area contributed by atoms with E-state index in [4.69, 9.17) is 0 Å². The van der Waals surface area contributed by atoms with Crippen molar-refractivity contribution in [1.82, 2.24) is 0 Å². The molecule has 1 aromatic rings. The molecule has 0 atom stereocenters. The summed E-state index contributed by atoms with van der Waals surface area (Å²) in [6, 6.07) is 4.21. The highest BCUT2D eigenvalue weighted by Crippen LogP contribution is 2.32. The van der Waals surface area contributed by atoms with E-state index in [-0.39, 0.29) is 0 Å². The van der Waals surface area contributed by atoms with Gasteiger partial charge in [0.05, 0.1) is 0 Å². The largest absolute Gasteiger partial charge is 0.384 e. The molecule has 0 saturated heterocycles. The molecule has 2 rings (SSSR count). The summed E-state index contributed by atoms with van der Waals surface area (Å²) in [6.45, 7) is 1.06. The highest BCUT2D eigenvalue weighted by atomic mass is 79.9. The minimum absolute atomic E-state index is 1.06. The van der Waals surface area contributed by atoms with Gasteiger partial charge in [-0.05, 0) is 24.1 Å². The third-order valence-corrected chi connectivity index (χ3v) is 3.02. The number of fused-ring (bicyclic) bond motifs is 1. The quantitative estimate of drug-likeness (QED) is 0.768. The smallest absolute Gasteiger partial charge is 0.0396 e. The molecular formula is C8H7Br2N. The Kier molecular flexibility index (Phi) is 1.93. The molecule has 0 saturated carbocycles. The SMILES string of the molecule is Brc1cc(Br)c2c(c1)NCC2. The molecule has 1 heterocycles. The second-order valence-electron chi connectivity index (χ2n) is 2.59. The molecule has 0 aromatic heterocycles. The molecule has 0 radical (unpaired) electrons. The standard InChI is InChI=1S/C8H7Br2N/c9-5-3-7(10)6-1-2-11-8(6)4-5/h3-4,11H,1-2H2. The van der Waals surface area contributed by atoms with Crippen molar-refractivity contribution in [3.63, 3.8) is 0 Å². The molecule has 3 heteroatoms. The first-order valence-electron chi connectivity index (χ1n) is 3.49. The van der Waals surface area contributed by atoms with E-state index in [9.17, 15) is 0 Å². The van der Waals surface area contributed by atoms with Crippen LogP contribution in [0.4, 0.5) is 5.69 Å². The van der Waals surface area contributed by atoms with Crippen LogP contribution in [-0.4, -0.2) is 6.54 Å². The number of hydrogen-bond acceptors (Lipinski definition) is 1. The highest BCUT2D eigenvalue weighted by molar-refractivity contribution is 9.11. The van der Waals surface area contributed by atoms with Crippen LogP contribution in [0, 0.1) is 0 Å². The van der Waals surface area contributed by atoms with Crippen molar-refractivity contribution in [2.75, 3.05) is 11.9 Å². The molecule has 1 N–H and O–H groups in total. The van der Waals surface area contributed by atoms with Gasteiger partial charge >= 0.3 is 0 Å². The Labute approximate surface area is 82.4 Å². The Bertz CT molecular complexity index is 296. The maximum absolute atomic E-state index is 3.53. The molecule has 0 fully saturated rings. The van der Waals surface area contributed by atoms with Gasteiger partial charge in [-0.3, -0.25) is 0 Å². The first-order chi connectivity index (χ1) is 5.27. The van der Waals surface area contributed by atoms with E-state index < -0.39 is 0 Å². The van der Waals surface area contributed by atoms with E-state index in [1.807, 2.05) is 0 Å². The maximum Gasteiger partial charge on any atom is 0.0396 e. The van der Waals surface area contributed by atoms with E-state index in [0.717, 1.165) is 17.4 Å². The number of rotatable bonds is 0. The van der Waals surface area contributed by atoms with Crippen molar-refractivity contribution < 1.29 is 0 Å². The second-order valence-corrected chi connectivity index (χ2v) is 4.36. The van der Waals surface area contributed by atoms with E-state index in [2.05, 4.69) is 49.3 Å². The van der Waals surface area contributed by atoms with Crippen molar-refractivity contribution in [2.24, 2.45) is 0 Å². The number of benzene rings is 1. The number of nitrogens with one attached hydrogen (secondary N) is 1. The number of halogens is 2. The lowest BCUT2D eigenvalue weighted by Crippen LogP contribution is -1.90. The molecule has 1 aliphatic rings. The summed E-state index contributed by atoms with van der Waals surface area (Å²) in [5.41, 5.74) is 2.65. The highest BCUT2D eigenvalue weighted by Gasteiger charge is 2.13. The molecule has 1 nitrogen and oxygen atoms in total. The molecule has 0 unspecified atom stereocenters. The molecule has 0 bridgehead atoms. The first kappa shape index (κ1) is 7.62. The van der Waals surface area contributed by atoms with Crippen molar-refractivity contribution in [1.29, 1.82) is 0 Å². The summed E-state index contributed by atoms with van der Waals surface area (Å²) in [5.74, 6) is 0. The van der Waals surface area contributed by atoms with Gasteiger partial charge < -0.3 is 5.32 Å². The van der Waals surface area contributed by atoms with Crippen molar-refractivity contribution in [3.8, 4) is 0 Å². The van der Waals surface area contributed by atoms with Crippen LogP contribution in [0.25, 0.3) is 0 Å². The van der Waals surface area contributed by atoms with Crippen molar-refractivity contribution in [2.45, 2.75) is 6.42 Å². The third kappa shape index (κ3) is 1.32. The van der Waals surface area contributed by atoms with Gasteiger partial charge in [0.2, 0.25) is 0 Å². The third-order valence-electron chi connectivity index (χ3n) is 1.85. The predicted molar refractivity (Wildman–Crippen MR) is 54.0 cm³/mol. The molecule has 0 spiro atoms. The van der Waals surface area contributed by atoms with Crippen molar-refractivity contribution in [3.05, 3.63) is 26.6 Å². The fourth-order valence-corrected chi connectivity index (χ4v) is 2.76. The summed E-state index contributed by atoms with van der Waals surface area (Å²) >= 11 is 6.97. The van der Waals surface area contributed by atoms with Gasteiger partial charge in [-0.1, -0.05) is 31.9 Å². The summed E-state index contributed by atoms with van der Waals surface area (Å²) in [7, 11) is 0. The van der Waals surface area contributed by atoms with Gasteiger partial charge in [0.15, 0.2) is 0 Å². The average Bonchev–Trinajstić information content (AvgIpc) is 2.34.